The van der Waals surface area contributed by atoms with Crippen LogP contribution in [0.1, 0.15) is 16.3 Å². The van der Waals surface area contributed by atoms with E-state index in [-0.39, 0.29) is 29.8 Å². The van der Waals surface area contributed by atoms with Crippen LogP contribution < -0.4 is 15.5 Å². The van der Waals surface area contributed by atoms with E-state index in [1.807, 2.05) is 31.1 Å². The molecule has 0 radical (unpaired) electrons. The van der Waals surface area contributed by atoms with Gasteiger partial charge in [0.2, 0.25) is 0 Å². The van der Waals surface area contributed by atoms with Crippen LogP contribution in [0.2, 0.25) is 0 Å². The zero-order chi connectivity index (χ0) is 17.4. The van der Waals surface area contributed by atoms with E-state index in [1.165, 1.54) is 10.9 Å². The van der Waals surface area contributed by atoms with Gasteiger partial charge in [0, 0.05) is 43.9 Å². The van der Waals surface area contributed by atoms with Gasteiger partial charge in [0.1, 0.15) is 10.8 Å². The third-order valence-corrected chi connectivity index (χ3v) is 4.42. The first-order valence-electron chi connectivity index (χ1n) is 7.91. The summed E-state index contributed by atoms with van der Waals surface area (Å²) in [5.74, 6) is 0.552. The van der Waals surface area contributed by atoms with Gasteiger partial charge >= 0.3 is 0 Å². The van der Waals surface area contributed by atoms with Gasteiger partial charge in [-0.2, -0.15) is 0 Å². The SMILES string of the molecule is CN=C(NCCCN(C)c1cccc(F)c1)NCc1ncc(C)s1.I. The van der Waals surface area contributed by atoms with Crippen molar-refractivity contribution in [3.05, 3.63) is 46.2 Å². The van der Waals surface area contributed by atoms with Gasteiger partial charge in [0.05, 0.1) is 6.54 Å². The van der Waals surface area contributed by atoms with Crippen molar-refractivity contribution in [2.45, 2.75) is 19.9 Å². The lowest BCUT2D eigenvalue weighted by Crippen LogP contribution is -2.38. The Morgan fingerprint density at radius 2 is 2.16 bits per heavy atom. The molecule has 8 heteroatoms. The van der Waals surface area contributed by atoms with Crippen LogP contribution in [0.25, 0.3) is 0 Å². The number of nitrogens with zero attached hydrogens (tertiary/aromatic N) is 3. The minimum Gasteiger partial charge on any atom is -0.374 e. The number of hydrogen-bond donors (Lipinski definition) is 2. The van der Waals surface area contributed by atoms with Crippen molar-refractivity contribution < 1.29 is 4.39 Å². The molecule has 5 nitrogen and oxygen atoms in total. The number of aromatic nitrogens is 1. The molecule has 1 heterocycles. The van der Waals surface area contributed by atoms with Crippen LogP contribution in [0, 0.1) is 12.7 Å². The molecular weight excluding hydrogens is 452 g/mol. The van der Waals surface area contributed by atoms with Crippen LogP contribution in [0.15, 0.2) is 35.5 Å². The van der Waals surface area contributed by atoms with Crippen molar-refractivity contribution >= 4 is 47.0 Å². The predicted octanol–water partition coefficient (Wildman–Crippen LogP) is 3.40. The minimum atomic E-state index is -0.209. The van der Waals surface area contributed by atoms with Gasteiger partial charge in [-0.1, -0.05) is 6.07 Å². The normalized spacial score (nSPS) is 11.0. The Kier molecular flexibility index (Phi) is 9.73. The van der Waals surface area contributed by atoms with Crippen molar-refractivity contribution in [2.75, 3.05) is 32.1 Å². The fraction of sp³-hybridized carbons (Fsp3) is 0.412. The average molecular weight is 477 g/mol. The van der Waals surface area contributed by atoms with E-state index >= 15 is 0 Å². The molecule has 138 valence electrons. The van der Waals surface area contributed by atoms with Crippen LogP contribution in [0.4, 0.5) is 10.1 Å². The number of guanidine groups is 1. The maximum Gasteiger partial charge on any atom is 0.191 e. The van der Waals surface area contributed by atoms with Gasteiger partial charge in [-0.15, -0.1) is 35.3 Å². The fourth-order valence-corrected chi connectivity index (χ4v) is 2.96. The summed E-state index contributed by atoms with van der Waals surface area (Å²) in [4.78, 5) is 11.8. The summed E-state index contributed by atoms with van der Waals surface area (Å²) in [6, 6.07) is 6.64. The topological polar surface area (TPSA) is 52.6 Å². The van der Waals surface area contributed by atoms with Gasteiger partial charge in [0.15, 0.2) is 5.96 Å². The largest absolute Gasteiger partial charge is 0.374 e. The Labute approximate surface area is 169 Å². The van der Waals surface area contributed by atoms with E-state index in [2.05, 4.69) is 20.6 Å². The van der Waals surface area contributed by atoms with Gasteiger partial charge in [-0.3, -0.25) is 4.99 Å². The maximum absolute atomic E-state index is 13.2. The van der Waals surface area contributed by atoms with E-state index in [0.717, 1.165) is 36.2 Å². The Morgan fingerprint density at radius 1 is 1.36 bits per heavy atom. The Balaban J connectivity index is 0.00000312. The van der Waals surface area contributed by atoms with E-state index in [1.54, 1.807) is 30.5 Å². The molecule has 2 aromatic rings. The van der Waals surface area contributed by atoms with Crippen molar-refractivity contribution in [3.63, 3.8) is 0 Å². The molecule has 2 rings (SSSR count). The molecule has 0 bridgehead atoms. The molecule has 0 aliphatic carbocycles. The van der Waals surface area contributed by atoms with Gasteiger partial charge < -0.3 is 15.5 Å². The third kappa shape index (κ3) is 7.55. The molecule has 2 N–H and O–H groups in total. The van der Waals surface area contributed by atoms with Gasteiger partial charge in [0.25, 0.3) is 0 Å². The summed E-state index contributed by atoms with van der Waals surface area (Å²) in [5.41, 5.74) is 0.886. The molecule has 25 heavy (non-hydrogen) atoms. The lowest BCUT2D eigenvalue weighted by atomic mass is 10.2. The number of aliphatic imine (C=N–C) groups is 1. The lowest BCUT2D eigenvalue weighted by molar-refractivity contribution is 0.626. The number of aryl methyl sites for hydroxylation is 1. The number of nitrogens with one attached hydrogen (secondary N) is 2. The molecule has 1 aromatic heterocycles. The van der Waals surface area contributed by atoms with Crippen LogP contribution in [0.5, 0.6) is 0 Å². The highest BCUT2D eigenvalue weighted by molar-refractivity contribution is 14.0. The summed E-state index contributed by atoms with van der Waals surface area (Å²) >= 11 is 1.68. The summed E-state index contributed by atoms with van der Waals surface area (Å²) in [7, 11) is 3.72. The van der Waals surface area contributed by atoms with Gasteiger partial charge in [-0.25, -0.2) is 9.37 Å². The maximum atomic E-state index is 13.2. The zero-order valence-electron chi connectivity index (χ0n) is 14.8. The standard InChI is InChI=1S/C17H24FN5S.HI/c1-13-11-21-16(24-13)12-22-17(19-2)20-8-5-9-23(3)15-7-4-6-14(18)10-15;/h4,6-7,10-11H,5,8-9,12H2,1-3H3,(H2,19,20,22);1H. The van der Waals surface area contributed by atoms with Crippen molar-refractivity contribution in [1.29, 1.82) is 0 Å². The first-order chi connectivity index (χ1) is 11.6. The second-order valence-corrected chi connectivity index (χ2v) is 6.79. The number of rotatable bonds is 7. The summed E-state index contributed by atoms with van der Waals surface area (Å²) in [6.07, 6.45) is 2.80. The van der Waals surface area contributed by atoms with Crippen LogP contribution >= 0.6 is 35.3 Å². The van der Waals surface area contributed by atoms with Crippen molar-refractivity contribution in [3.8, 4) is 0 Å². The molecule has 0 aliphatic heterocycles. The van der Waals surface area contributed by atoms with Crippen LogP contribution in [-0.4, -0.2) is 38.1 Å². The molecule has 0 atom stereocenters. The molecule has 1 aromatic carbocycles. The van der Waals surface area contributed by atoms with Crippen molar-refractivity contribution in [2.24, 2.45) is 4.99 Å². The smallest absolute Gasteiger partial charge is 0.191 e. The van der Waals surface area contributed by atoms with E-state index in [0.29, 0.717) is 6.54 Å². The molecule has 0 saturated carbocycles. The molecular formula is C17H25FIN5S. The Hall–Kier alpha value is -1.42. The Bertz CT molecular complexity index is 677. The van der Waals surface area contributed by atoms with E-state index in [4.69, 9.17) is 0 Å². The quantitative estimate of drug-likeness (QED) is 0.278. The predicted molar refractivity (Wildman–Crippen MR) is 115 cm³/mol. The summed E-state index contributed by atoms with van der Waals surface area (Å²) in [5, 5.41) is 7.57. The highest BCUT2D eigenvalue weighted by Gasteiger charge is 2.03. The number of halogens is 2. The second kappa shape index (κ2) is 11.2. The molecule has 0 unspecified atom stereocenters. The monoisotopic (exact) mass is 477 g/mol. The number of hydrogen-bond acceptors (Lipinski definition) is 4. The first-order valence-corrected chi connectivity index (χ1v) is 8.72. The lowest BCUT2D eigenvalue weighted by Gasteiger charge is -2.19. The van der Waals surface area contributed by atoms with E-state index < -0.39 is 0 Å². The third-order valence-electron chi connectivity index (χ3n) is 3.51. The summed E-state index contributed by atoms with van der Waals surface area (Å²) in [6.45, 7) is 4.33. The molecule has 0 fully saturated rings. The first kappa shape index (κ1) is 21.6. The van der Waals surface area contributed by atoms with Crippen molar-refractivity contribution in [1.82, 2.24) is 15.6 Å². The van der Waals surface area contributed by atoms with Crippen LogP contribution in [-0.2, 0) is 6.54 Å². The molecule has 0 spiro atoms. The second-order valence-electron chi connectivity index (χ2n) is 5.47. The highest BCUT2D eigenvalue weighted by atomic mass is 127. The Morgan fingerprint density at radius 3 is 2.80 bits per heavy atom. The minimum absolute atomic E-state index is 0. The number of anilines is 1. The fourth-order valence-electron chi connectivity index (χ4n) is 2.23. The van der Waals surface area contributed by atoms with Gasteiger partial charge in [-0.05, 0) is 31.5 Å². The summed E-state index contributed by atoms with van der Waals surface area (Å²) < 4.78 is 13.2. The highest BCUT2D eigenvalue weighted by Crippen LogP contribution is 2.13. The molecule has 0 saturated heterocycles. The molecule has 0 amide bonds. The number of thiazole rings is 1. The molecule has 0 aliphatic rings. The average Bonchev–Trinajstić information content (AvgIpc) is 2.99. The van der Waals surface area contributed by atoms with E-state index in [9.17, 15) is 4.39 Å². The number of benzene rings is 1. The van der Waals surface area contributed by atoms with Crippen LogP contribution in [0.3, 0.4) is 0 Å². The zero-order valence-corrected chi connectivity index (χ0v) is 17.9.